The molecule has 188 valence electrons. The molecule has 7 nitrogen and oxygen atoms in total. The Morgan fingerprint density at radius 1 is 1.14 bits per heavy atom. The number of nitrogens with zero attached hydrogens (tertiary/aromatic N) is 2. The van der Waals surface area contributed by atoms with Crippen molar-refractivity contribution in [2.45, 2.75) is 84.1 Å². The molecule has 1 fully saturated rings. The van der Waals surface area contributed by atoms with Crippen LogP contribution in [0.2, 0.25) is 0 Å². The topological polar surface area (TPSA) is 85.6 Å². The van der Waals surface area contributed by atoms with Gasteiger partial charge in [0.2, 0.25) is 0 Å². The van der Waals surface area contributed by atoms with E-state index in [1.165, 1.54) is 0 Å². The van der Waals surface area contributed by atoms with Crippen LogP contribution in [0, 0.1) is 0 Å². The van der Waals surface area contributed by atoms with Crippen LogP contribution >= 0.6 is 0 Å². The summed E-state index contributed by atoms with van der Waals surface area (Å²) in [7, 11) is 0. The van der Waals surface area contributed by atoms with Gasteiger partial charge in [-0.2, -0.15) is 5.10 Å². The van der Waals surface area contributed by atoms with E-state index in [1.54, 1.807) is 6.20 Å². The Kier molecular flexibility index (Phi) is 7.08. The lowest BCUT2D eigenvalue weighted by Crippen LogP contribution is -2.47. The van der Waals surface area contributed by atoms with E-state index in [1.807, 2.05) is 61.9 Å². The molecule has 3 aromatic rings. The lowest BCUT2D eigenvalue weighted by Gasteiger charge is -2.34. The lowest BCUT2D eigenvalue weighted by molar-refractivity contribution is -0.0366. The van der Waals surface area contributed by atoms with Crippen LogP contribution in [0.5, 0.6) is 5.75 Å². The smallest absolute Gasteiger partial charge is 0.408 e. The number of phenolic OH excluding ortho intramolecular Hbond substituents is 1. The second kappa shape index (κ2) is 9.90. The molecule has 2 N–H and O–H groups in total. The number of alkyl carbamates (subject to hydrolysis) is 1. The summed E-state index contributed by atoms with van der Waals surface area (Å²) in [6.45, 7) is 10.4. The third-order valence-corrected chi connectivity index (χ3v) is 6.88. The summed E-state index contributed by atoms with van der Waals surface area (Å²) in [6, 6.07) is 11.9. The molecular formula is C28H37N3O4. The molecule has 0 radical (unpaired) electrons. The number of aromatic hydroxyl groups is 1. The van der Waals surface area contributed by atoms with Crippen molar-refractivity contribution >= 4 is 17.0 Å². The molecule has 0 saturated carbocycles. The zero-order chi connectivity index (χ0) is 25.2. The van der Waals surface area contributed by atoms with Gasteiger partial charge in [0, 0.05) is 12.2 Å². The summed E-state index contributed by atoms with van der Waals surface area (Å²) in [6.07, 6.45) is 5.77. The zero-order valence-electron chi connectivity index (χ0n) is 21.4. The van der Waals surface area contributed by atoms with Crippen molar-refractivity contribution in [2.75, 3.05) is 6.61 Å². The van der Waals surface area contributed by atoms with Crippen molar-refractivity contribution in [1.82, 2.24) is 15.1 Å². The van der Waals surface area contributed by atoms with Gasteiger partial charge in [-0.25, -0.2) is 9.48 Å². The maximum Gasteiger partial charge on any atom is 0.408 e. The highest BCUT2D eigenvalue weighted by atomic mass is 16.6. The highest BCUT2D eigenvalue weighted by Crippen LogP contribution is 2.38. The number of aromatic nitrogens is 2. The maximum absolute atomic E-state index is 12.6. The fraction of sp³-hybridized carbons (Fsp3) is 0.500. The maximum atomic E-state index is 12.6. The van der Waals surface area contributed by atoms with Crippen molar-refractivity contribution in [3.05, 3.63) is 48.2 Å². The number of ether oxygens (including phenoxy) is 2. The number of fused-ring (bicyclic) bond motifs is 1. The van der Waals surface area contributed by atoms with Crippen LogP contribution in [-0.4, -0.2) is 33.2 Å². The monoisotopic (exact) mass is 479 g/mol. The quantitative estimate of drug-likeness (QED) is 0.413. The van der Waals surface area contributed by atoms with Crippen molar-refractivity contribution in [3.8, 4) is 16.9 Å². The average molecular weight is 480 g/mol. The van der Waals surface area contributed by atoms with Crippen molar-refractivity contribution in [3.63, 3.8) is 0 Å². The number of hydrogen-bond acceptors (Lipinski definition) is 5. The lowest BCUT2D eigenvalue weighted by atomic mass is 9.84. The van der Waals surface area contributed by atoms with Gasteiger partial charge < -0.3 is 19.9 Å². The second-order valence-corrected chi connectivity index (χ2v) is 10.3. The Balaban J connectivity index is 1.61. The molecule has 1 aromatic heterocycles. The zero-order valence-corrected chi connectivity index (χ0v) is 21.4. The SMILES string of the molecule is CCC(CC)(NC(=O)OC(C)(C)C)c1ccc(-c2ccc3c(cnn3C3CCCCO3)c2O)cc1. The third kappa shape index (κ3) is 5.15. The predicted molar refractivity (Wildman–Crippen MR) is 137 cm³/mol. The second-order valence-electron chi connectivity index (χ2n) is 10.3. The van der Waals surface area contributed by atoms with E-state index in [9.17, 15) is 9.90 Å². The van der Waals surface area contributed by atoms with E-state index in [2.05, 4.69) is 24.3 Å². The minimum atomic E-state index is -0.561. The van der Waals surface area contributed by atoms with Crippen LogP contribution in [0.1, 0.15) is 78.5 Å². The number of phenols is 1. The van der Waals surface area contributed by atoms with E-state index in [4.69, 9.17) is 9.47 Å². The summed E-state index contributed by atoms with van der Waals surface area (Å²) < 4.78 is 13.3. The minimum Gasteiger partial charge on any atom is -0.507 e. The third-order valence-electron chi connectivity index (χ3n) is 6.88. The van der Waals surface area contributed by atoms with Crippen LogP contribution < -0.4 is 5.32 Å². The number of carbonyl (C=O) groups excluding carboxylic acids is 1. The van der Waals surface area contributed by atoms with Gasteiger partial charge in [-0.15, -0.1) is 0 Å². The molecule has 1 amide bonds. The molecule has 2 aromatic carbocycles. The van der Waals surface area contributed by atoms with Crippen molar-refractivity contribution in [2.24, 2.45) is 0 Å². The first-order valence-corrected chi connectivity index (χ1v) is 12.6. The standard InChI is InChI=1S/C28H37N3O4/c1-6-28(7-2,30-26(33)35-27(3,4)5)20-13-11-19(12-14-20)21-15-16-23-22(25(21)32)18-29-31(23)24-10-8-9-17-34-24/h11-16,18,24,32H,6-10,17H2,1-5H3,(H,30,33). The van der Waals surface area contributed by atoms with E-state index < -0.39 is 17.2 Å². The summed E-state index contributed by atoms with van der Waals surface area (Å²) in [4.78, 5) is 12.6. The Morgan fingerprint density at radius 2 is 1.86 bits per heavy atom. The van der Waals surface area contributed by atoms with Gasteiger partial charge in [0.25, 0.3) is 0 Å². The van der Waals surface area contributed by atoms with Crippen LogP contribution in [0.15, 0.2) is 42.6 Å². The van der Waals surface area contributed by atoms with Gasteiger partial charge in [0.15, 0.2) is 6.23 Å². The number of rotatable bonds is 6. The fourth-order valence-corrected chi connectivity index (χ4v) is 4.86. The van der Waals surface area contributed by atoms with E-state index >= 15 is 0 Å². The van der Waals surface area contributed by atoms with Gasteiger partial charge in [-0.1, -0.05) is 38.1 Å². The Bertz CT molecular complexity index is 1170. The van der Waals surface area contributed by atoms with E-state index in [-0.39, 0.29) is 12.0 Å². The largest absolute Gasteiger partial charge is 0.507 e. The molecule has 2 heterocycles. The molecule has 1 unspecified atom stereocenters. The van der Waals surface area contributed by atoms with Gasteiger partial charge in [0.05, 0.1) is 22.6 Å². The predicted octanol–water partition coefficient (Wildman–Crippen LogP) is 6.65. The van der Waals surface area contributed by atoms with Gasteiger partial charge >= 0.3 is 6.09 Å². The molecule has 0 aliphatic carbocycles. The molecule has 0 bridgehead atoms. The molecule has 35 heavy (non-hydrogen) atoms. The molecule has 1 atom stereocenters. The molecule has 1 aliphatic rings. The van der Waals surface area contributed by atoms with E-state index in [0.29, 0.717) is 5.39 Å². The summed E-state index contributed by atoms with van der Waals surface area (Å²) in [5, 5.41) is 19.4. The summed E-state index contributed by atoms with van der Waals surface area (Å²) in [5.41, 5.74) is 2.41. The Labute approximate surface area is 207 Å². The Hall–Kier alpha value is -3.06. The highest BCUT2D eigenvalue weighted by Gasteiger charge is 2.32. The van der Waals surface area contributed by atoms with E-state index in [0.717, 1.165) is 60.9 Å². The highest BCUT2D eigenvalue weighted by molar-refractivity contribution is 5.92. The normalized spacial score (nSPS) is 16.9. The molecule has 1 aliphatic heterocycles. The van der Waals surface area contributed by atoms with Crippen molar-refractivity contribution < 1.29 is 19.4 Å². The van der Waals surface area contributed by atoms with Crippen LogP contribution in [0.4, 0.5) is 4.79 Å². The molecular weight excluding hydrogens is 442 g/mol. The summed E-state index contributed by atoms with van der Waals surface area (Å²) >= 11 is 0. The first-order chi connectivity index (χ1) is 16.7. The Morgan fingerprint density at radius 3 is 2.46 bits per heavy atom. The van der Waals surface area contributed by atoms with Crippen molar-refractivity contribution in [1.29, 1.82) is 0 Å². The van der Waals surface area contributed by atoms with Gasteiger partial charge in [0.1, 0.15) is 11.4 Å². The molecule has 0 spiro atoms. The molecule has 1 saturated heterocycles. The van der Waals surface area contributed by atoms with Crippen LogP contribution in [-0.2, 0) is 15.0 Å². The van der Waals surface area contributed by atoms with Gasteiger partial charge in [-0.05, 0) is 76.1 Å². The number of benzene rings is 2. The average Bonchev–Trinajstić information content (AvgIpc) is 3.28. The summed E-state index contributed by atoms with van der Waals surface area (Å²) in [5.74, 6) is 0.210. The van der Waals surface area contributed by atoms with Crippen LogP contribution in [0.3, 0.4) is 0 Å². The number of carbonyl (C=O) groups is 1. The van der Waals surface area contributed by atoms with Crippen LogP contribution in [0.25, 0.3) is 22.0 Å². The van der Waals surface area contributed by atoms with Gasteiger partial charge in [-0.3, -0.25) is 0 Å². The number of nitrogens with one attached hydrogen (secondary N) is 1. The molecule has 4 rings (SSSR count). The minimum absolute atomic E-state index is 0.0838. The number of hydrogen-bond donors (Lipinski definition) is 2. The first-order valence-electron chi connectivity index (χ1n) is 12.6. The number of amides is 1. The fourth-order valence-electron chi connectivity index (χ4n) is 4.86. The first kappa shape index (κ1) is 25.0. The molecule has 7 heteroatoms.